The number of alkyl halides is 3. The molecule has 82 valence electrons. The molecular formula is C8H7ClF2N2O2. The summed E-state index contributed by atoms with van der Waals surface area (Å²) in [6, 6.07) is 1.32. The average molecular weight is 237 g/mol. The molecule has 1 heterocycles. The van der Waals surface area contributed by atoms with Crippen molar-refractivity contribution in [1.29, 1.82) is 0 Å². The highest BCUT2D eigenvalue weighted by Gasteiger charge is 2.26. The van der Waals surface area contributed by atoms with Crippen LogP contribution in [0.2, 0.25) is 0 Å². The van der Waals surface area contributed by atoms with E-state index < -0.39 is 22.7 Å². The maximum Gasteiger partial charge on any atom is 0.372 e. The number of nitro groups is 1. The molecule has 0 aliphatic rings. The molecule has 4 nitrogen and oxygen atoms in total. The summed E-state index contributed by atoms with van der Waals surface area (Å²) in [6.07, 6.45) is -2.91. The predicted octanol–water partition coefficient (Wildman–Crippen LogP) is 2.97. The number of aromatic nitrogens is 1. The molecule has 0 aliphatic carbocycles. The average Bonchev–Trinajstić information content (AvgIpc) is 2.15. The number of rotatable bonds is 3. The van der Waals surface area contributed by atoms with Gasteiger partial charge in [0.2, 0.25) is 0 Å². The number of hydrogen-bond donors (Lipinski definition) is 0. The van der Waals surface area contributed by atoms with E-state index in [0.29, 0.717) is 0 Å². The van der Waals surface area contributed by atoms with Gasteiger partial charge in [-0.3, -0.25) is 0 Å². The molecule has 0 amide bonds. The van der Waals surface area contributed by atoms with Crippen molar-refractivity contribution in [3.8, 4) is 0 Å². The Labute approximate surface area is 89.0 Å². The van der Waals surface area contributed by atoms with Crippen LogP contribution in [0.4, 0.5) is 14.6 Å². The van der Waals surface area contributed by atoms with Crippen LogP contribution in [0.15, 0.2) is 6.07 Å². The van der Waals surface area contributed by atoms with Crippen LogP contribution in [0.5, 0.6) is 0 Å². The monoisotopic (exact) mass is 236 g/mol. The molecule has 0 aromatic carbocycles. The van der Waals surface area contributed by atoms with Gasteiger partial charge in [0.05, 0.1) is 5.88 Å². The fourth-order valence-electron chi connectivity index (χ4n) is 1.21. The normalized spacial score (nSPS) is 10.7. The Bertz CT molecular complexity index is 398. The van der Waals surface area contributed by atoms with Crippen molar-refractivity contribution >= 4 is 17.4 Å². The highest BCUT2D eigenvalue weighted by molar-refractivity contribution is 6.16. The van der Waals surface area contributed by atoms with Crippen molar-refractivity contribution in [1.82, 2.24) is 4.98 Å². The topological polar surface area (TPSA) is 56.0 Å². The second-order valence-corrected chi connectivity index (χ2v) is 3.13. The number of aryl methyl sites for hydroxylation is 1. The molecule has 0 atom stereocenters. The minimum atomic E-state index is -2.91. The van der Waals surface area contributed by atoms with Gasteiger partial charge < -0.3 is 10.1 Å². The summed E-state index contributed by atoms with van der Waals surface area (Å²) < 4.78 is 25.0. The van der Waals surface area contributed by atoms with Gasteiger partial charge in [0, 0.05) is 0 Å². The van der Waals surface area contributed by atoms with E-state index in [0.717, 1.165) is 0 Å². The first-order chi connectivity index (χ1) is 6.97. The summed E-state index contributed by atoms with van der Waals surface area (Å²) in [6.45, 7) is 1.37. The highest BCUT2D eigenvalue weighted by atomic mass is 35.5. The predicted molar refractivity (Wildman–Crippen MR) is 50.1 cm³/mol. The Morgan fingerprint density at radius 3 is 2.67 bits per heavy atom. The Balaban J connectivity index is 3.42. The summed E-state index contributed by atoms with van der Waals surface area (Å²) in [5, 5.41) is 10.5. The zero-order valence-corrected chi connectivity index (χ0v) is 8.46. The fraction of sp³-hybridized carbons (Fsp3) is 0.375. The van der Waals surface area contributed by atoms with Gasteiger partial charge in [0.15, 0.2) is 5.69 Å². The van der Waals surface area contributed by atoms with Crippen molar-refractivity contribution < 1.29 is 13.7 Å². The number of pyridine rings is 1. The van der Waals surface area contributed by atoms with E-state index in [9.17, 15) is 18.9 Å². The Kier molecular flexibility index (Phi) is 3.52. The minimum absolute atomic E-state index is 0.0504. The maximum atomic E-state index is 12.5. The smallest absolute Gasteiger partial charge is 0.358 e. The van der Waals surface area contributed by atoms with Gasteiger partial charge in [-0.05, 0) is 28.5 Å². The zero-order chi connectivity index (χ0) is 11.6. The summed E-state index contributed by atoms with van der Waals surface area (Å²) in [5.74, 6) is -0.869. The lowest BCUT2D eigenvalue weighted by Crippen LogP contribution is -2.04. The maximum absolute atomic E-state index is 12.5. The highest BCUT2D eigenvalue weighted by Crippen LogP contribution is 2.30. The van der Waals surface area contributed by atoms with E-state index >= 15 is 0 Å². The third kappa shape index (κ3) is 2.38. The molecule has 15 heavy (non-hydrogen) atoms. The van der Waals surface area contributed by atoms with Crippen molar-refractivity contribution in [2.75, 3.05) is 0 Å². The Morgan fingerprint density at radius 1 is 1.67 bits per heavy atom. The summed E-state index contributed by atoms with van der Waals surface area (Å²) >= 11 is 5.43. The van der Waals surface area contributed by atoms with E-state index in [4.69, 9.17) is 11.6 Å². The molecule has 0 N–H and O–H groups in total. The minimum Gasteiger partial charge on any atom is -0.358 e. The van der Waals surface area contributed by atoms with Gasteiger partial charge in [-0.2, -0.15) is 0 Å². The first-order valence-corrected chi connectivity index (χ1v) is 4.49. The van der Waals surface area contributed by atoms with E-state index in [1.807, 2.05) is 0 Å². The third-order valence-electron chi connectivity index (χ3n) is 1.83. The van der Waals surface area contributed by atoms with Gasteiger partial charge in [-0.15, -0.1) is 11.6 Å². The third-order valence-corrected chi connectivity index (χ3v) is 2.10. The van der Waals surface area contributed by atoms with Crippen LogP contribution >= 0.6 is 11.6 Å². The largest absolute Gasteiger partial charge is 0.372 e. The molecule has 0 saturated heterocycles. The van der Waals surface area contributed by atoms with Crippen LogP contribution in [-0.4, -0.2) is 9.91 Å². The van der Waals surface area contributed by atoms with Crippen LogP contribution in [0.3, 0.4) is 0 Å². The van der Waals surface area contributed by atoms with E-state index in [1.54, 1.807) is 0 Å². The summed E-state index contributed by atoms with van der Waals surface area (Å²) in [7, 11) is 0. The molecule has 0 aliphatic heterocycles. The molecule has 1 aromatic rings. The number of hydrogen-bond acceptors (Lipinski definition) is 3. The molecule has 0 spiro atoms. The summed E-state index contributed by atoms with van der Waals surface area (Å²) in [4.78, 5) is 13.0. The van der Waals surface area contributed by atoms with Gasteiger partial charge >= 0.3 is 5.82 Å². The van der Waals surface area contributed by atoms with Gasteiger partial charge in [-0.25, -0.2) is 8.78 Å². The number of halogens is 3. The summed E-state index contributed by atoms with van der Waals surface area (Å²) in [5.41, 5.74) is -0.304. The molecule has 0 radical (unpaired) electrons. The Morgan fingerprint density at radius 2 is 2.27 bits per heavy atom. The number of nitrogens with zero attached hydrogens (tertiary/aromatic N) is 2. The molecule has 0 saturated carbocycles. The Hall–Kier alpha value is -1.30. The lowest BCUT2D eigenvalue weighted by molar-refractivity contribution is -0.391. The fourth-order valence-corrected chi connectivity index (χ4v) is 1.35. The van der Waals surface area contributed by atoms with Gasteiger partial charge in [0.1, 0.15) is 5.56 Å². The van der Waals surface area contributed by atoms with E-state index in [1.165, 1.54) is 13.0 Å². The quantitative estimate of drug-likeness (QED) is 0.461. The standard InChI is InChI=1S/C8H7ClF2N2O2/c1-4-2-5(3-9)12-8(13(14)15)6(4)7(10)11/h2,7H,3H2,1H3. The van der Waals surface area contributed by atoms with Crippen LogP contribution in [0.1, 0.15) is 23.2 Å². The van der Waals surface area contributed by atoms with Crippen molar-refractivity contribution in [2.24, 2.45) is 0 Å². The molecule has 0 fully saturated rings. The first-order valence-electron chi connectivity index (χ1n) is 3.96. The van der Waals surface area contributed by atoms with Crippen molar-refractivity contribution in [2.45, 2.75) is 19.2 Å². The lowest BCUT2D eigenvalue weighted by Gasteiger charge is -2.05. The van der Waals surface area contributed by atoms with Crippen LogP contribution in [-0.2, 0) is 5.88 Å². The lowest BCUT2D eigenvalue weighted by atomic mass is 10.1. The molecule has 0 bridgehead atoms. The molecule has 7 heteroatoms. The molecule has 0 unspecified atom stereocenters. The van der Waals surface area contributed by atoms with Gasteiger partial charge in [0.25, 0.3) is 6.43 Å². The van der Waals surface area contributed by atoms with Crippen LogP contribution in [0, 0.1) is 17.0 Å². The van der Waals surface area contributed by atoms with Crippen molar-refractivity contribution in [3.05, 3.63) is 33.0 Å². The second kappa shape index (κ2) is 4.48. The zero-order valence-electron chi connectivity index (χ0n) is 7.71. The first kappa shape index (κ1) is 11.8. The van der Waals surface area contributed by atoms with Crippen LogP contribution < -0.4 is 0 Å². The van der Waals surface area contributed by atoms with Gasteiger partial charge in [-0.1, -0.05) is 0 Å². The second-order valence-electron chi connectivity index (χ2n) is 2.86. The molecule has 1 rings (SSSR count). The van der Waals surface area contributed by atoms with Crippen LogP contribution in [0.25, 0.3) is 0 Å². The molecular weight excluding hydrogens is 230 g/mol. The molecule has 1 aromatic heterocycles. The SMILES string of the molecule is Cc1cc(CCl)nc([N+](=O)[O-])c1C(F)F. The van der Waals surface area contributed by atoms with E-state index in [2.05, 4.69) is 4.98 Å². The van der Waals surface area contributed by atoms with E-state index in [-0.39, 0.29) is 17.1 Å². The van der Waals surface area contributed by atoms with Crippen molar-refractivity contribution in [3.63, 3.8) is 0 Å².